The minimum Gasteiger partial charge on any atom is -0.309 e. The maximum absolute atomic E-state index is 5.48. The quantitative estimate of drug-likeness (QED) is 0.137. The number of fused-ring (bicyclic) bond motifs is 9. The van der Waals surface area contributed by atoms with Crippen molar-refractivity contribution in [2.24, 2.45) is 0 Å². The normalized spacial score (nSPS) is 11.7. The number of rotatable bonds is 10. The number of aromatic nitrogens is 6. The lowest BCUT2D eigenvalue weighted by Gasteiger charge is -2.17. The van der Waals surface area contributed by atoms with Crippen LogP contribution in [0.15, 0.2) is 315 Å². The van der Waals surface area contributed by atoms with Gasteiger partial charge in [0.05, 0.1) is 44.5 Å². The molecule has 0 spiro atoms. The van der Waals surface area contributed by atoms with Gasteiger partial charge in [-0.2, -0.15) is 9.97 Å². The second kappa shape index (κ2) is 20.6. The van der Waals surface area contributed by atoms with Crippen molar-refractivity contribution in [1.82, 2.24) is 28.7 Å². The molecular weight excluding hydrogens is 1060 g/mol. The lowest BCUT2D eigenvalue weighted by atomic mass is 9.94. The third-order valence-electron chi connectivity index (χ3n) is 17.3. The first-order valence-electron chi connectivity index (χ1n) is 29.6. The van der Waals surface area contributed by atoms with Crippen LogP contribution >= 0.6 is 0 Å². The summed E-state index contributed by atoms with van der Waals surface area (Å²) < 4.78 is 7.03. The van der Waals surface area contributed by atoms with Crippen molar-refractivity contribution >= 4 is 65.4 Å². The molecule has 0 amide bonds. The van der Waals surface area contributed by atoms with Gasteiger partial charge in [0.25, 0.3) is 0 Å². The molecular formula is C81H52N6. The SMILES string of the molecule is c1ccc(-c2cccc(-c3ccc(-n4c5ccccc5c5ccccc54)c(-c4ccc(-c5nc(-c6cccc(-c7cc(-c8ccccc8)ccc7-n7c8ccccc8c8ccccc87)c6)nc(-n6c7ccccc7c7ccccc76)n5)cc4)c3)c2)cc1. The van der Waals surface area contributed by atoms with E-state index in [1.165, 1.54) is 32.7 Å². The van der Waals surface area contributed by atoms with Crippen LogP contribution in [0, 0.1) is 0 Å². The number of hydrogen-bond donors (Lipinski definition) is 0. The molecule has 0 atom stereocenters. The third kappa shape index (κ3) is 8.45. The lowest BCUT2D eigenvalue weighted by Crippen LogP contribution is -2.06. The second-order valence-electron chi connectivity index (χ2n) is 22.3. The van der Waals surface area contributed by atoms with Crippen molar-refractivity contribution < 1.29 is 0 Å². The van der Waals surface area contributed by atoms with Gasteiger partial charge in [-0.15, -0.1) is 0 Å². The first-order chi connectivity index (χ1) is 43.1. The van der Waals surface area contributed by atoms with Crippen molar-refractivity contribution in [3.63, 3.8) is 0 Å². The zero-order valence-electron chi connectivity index (χ0n) is 47.2. The Hall–Kier alpha value is -11.7. The van der Waals surface area contributed by atoms with Crippen molar-refractivity contribution in [3.05, 3.63) is 315 Å². The van der Waals surface area contributed by atoms with Crippen molar-refractivity contribution in [3.8, 4) is 95.7 Å². The summed E-state index contributed by atoms with van der Waals surface area (Å²) in [4.78, 5) is 16.4. The standard InChI is InChI=1S/C81H52N6/c1-3-21-53(22-4-1)57-25-19-26-58(49-57)60-46-48-77(85-71-35-13-7-29-63(71)64-30-8-14-36-72(64)85)69(52-60)55-41-43-56(44-42-55)79-82-80(84-81(83-79)87-75-39-17-11-33-67(75)68-34-12-18-40-76(68)87)62-28-20-27-61(50-62)70-51-59(54-23-5-2-6-24-54)45-47-78(70)86-73-37-15-9-31-65(73)66-32-10-16-38-74(66)86/h1-52H. The summed E-state index contributed by atoms with van der Waals surface area (Å²) in [7, 11) is 0. The van der Waals surface area contributed by atoms with Gasteiger partial charge in [-0.05, 0) is 117 Å². The van der Waals surface area contributed by atoms with Crippen LogP contribution in [-0.4, -0.2) is 28.7 Å². The van der Waals surface area contributed by atoms with Crippen LogP contribution < -0.4 is 0 Å². The molecule has 0 radical (unpaired) electrons. The van der Waals surface area contributed by atoms with Gasteiger partial charge >= 0.3 is 0 Å². The van der Waals surface area contributed by atoms with Gasteiger partial charge in [-0.3, -0.25) is 4.57 Å². The molecule has 6 heteroatoms. The predicted octanol–water partition coefficient (Wildman–Crippen LogP) is 20.8. The molecule has 6 nitrogen and oxygen atoms in total. The Bertz CT molecular complexity index is 5360. The van der Waals surface area contributed by atoms with E-state index in [2.05, 4.69) is 329 Å². The summed E-state index contributed by atoms with van der Waals surface area (Å²) in [6, 6.07) is 113. The molecule has 406 valence electrons. The van der Waals surface area contributed by atoms with Crippen LogP contribution in [0.25, 0.3) is 161 Å². The minimum absolute atomic E-state index is 0.540. The summed E-state index contributed by atoms with van der Waals surface area (Å²) in [6.07, 6.45) is 0. The number of nitrogens with zero attached hydrogens (tertiary/aromatic N) is 6. The van der Waals surface area contributed by atoms with E-state index in [0.717, 1.165) is 111 Å². The fraction of sp³-hybridized carbons (Fsp3) is 0. The number of hydrogen-bond acceptors (Lipinski definition) is 3. The molecule has 4 aromatic heterocycles. The topological polar surface area (TPSA) is 53.5 Å². The van der Waals surface area contributed by atoms with Gasteiger partial charge in [-0.25, -0.2) is 4.98 Å². The van der Waals surface area contributed by atoms with E-state index in [1.807, 2.05) is 0 Å². The molecule has 0 bridgehead atoms. The monoisotopic (exact) mass is 1110 g/mol. The molecule has 0 N–H and O–H groups in total. The summed E-state index contributed by atoms with van der Waals surface area (Å²) in [5, 5.41) is 7.12. The summed E-state index contributed by atoms with van der Waals surface area (Å²) in [5.41, 5.74) is 21.8. The molecule has 17 aromatic rings. The van der Waals surface area contributed by atoms with Crippen molar-refractivity contribution in [2.45, 2.75) is 0 Å². The first-order valence-corrected chi connectivity index (χ1v) is 29.6. The molecule has 0 saturated carbocycles. The molecule has 0 aliphatic heterocycles. The molecule has 0 fully saturated rings. The van der Waals surface area contributed by atoms with E-state index in [0.29, 0.717) is 17.6 Å². The van der Waals surface area contributed by atoms with E-state index in [1.54, 1.807) is 0 Å². The summed E-state index contributed by atoms with van der Waals surface area (Å²) in [5.74, 6) is 1.68. The lowest BCUT2D eigenvalue weighted by molar-refractivity contribution is 0.953. The van der Waals surface area contributed by atoms with Crippen LogP contribution in [0.2, 0.25) is 0 Å². The molecule has 4 heterocycles. The van der Waals surface area contributed by atoms with Crippen LogP contribution in [0.4, 0.5) is 0 Å². The van der Waals surface area contributed by atoms with Crippen LogP contribution in [0.5, 0.6) is 0 Å². The van der Waals surface area contributed by atoms with Gasteiger partial charge in [0.2, 0.25) is 5.95 Å². The zero-order valence-corrected chi connectivity index (χ0v) is 47.2. The average molecular weight is 1110 g/mol. The van der Waals surface area contributed by atoms with Crippen molar-refractivity contribution in [2.75, 3.05) is 0 Å². The van der Waals surface area contributed by atoms with E-state index in [-0.39, 0.29) is 0 Å². The molecule has 17 rings (SSSR count). The second-order valence-corrected chi connectivity index (χ2v) is 22.3. The van der Waals surface area contributed by atoms with Gasteiger partial charge in [0, 0.05) is 54.6 Å². The fourth-order valence-electron chi connectivity index (χ4n) is 13.3. The van der Waals surface area contributed by atoms with Crippen LogP contribution in [0.1, 0.15) is 0 Å². The highest BCUT2D eigenvalue weighted by Crippen LogP contribution is 2.42. The molecule has 0 aliphatic carbocycles. The van der Waals surface area contributed by atoms with E-state index in [9.17, 15) is 0 Å². The molecule has 13 aromatic carbocycles. The van der Waals surface area contributed by atoms with Crippen molar-refractivity contribution in [1.29, 1.82) is 0 Å². The summed E-state index contributed by atoms with van der Waals surface area (Å²) >= 11 is 0. The van der Waals surface area contributed by atoms with Gasteiger partial charge in [0.1, 0.15) is 0 Å². The van der Waals surface area contributed by atoms with Crippen LogP contribution in [0.3, 0.4) is 0 Å². The number of benzene rings is 13. The Balaban J connectivity index is 0.847. The van der Waals surface area contributed by atoms with Crippen LogP contribution in [-0.2, 0) is 0 Å². The third-order valence-corrected chi connectivity index (χ3v) is 17.3. The zero-order chi connectivity index (χ0) is 57.4. The van der Waals surface area contributed by atoms with Gasteiger partial charge < -0.3 is 9.13 Å². The molecule has 87 heavy (non-hydrogen) atoms. The minimum atomic E-state index is 0.540. The highest BCUT2D eigenvalue weighted by Gasteiger charge is 2.22. The van der Waals surface area contributed by atoms with Gasteiger partial charge in [0.15, 0.2) is 11.6 Å². The van der Waals surface area contributed by atoms with E-state index in [4.69, 9.17) is 15.0 Å². The highest BCUT2D eigenvalue weighted by molar-refractivity contribution is 6.12. The Morgan fingerprint density at radius 1 is 0.184 bits per heavy atom. The largest absolute Gasteiger partial charge is 0.309 e. The average Bonchev–Trinajstić information content (AvgIpc) is 2.53. The smallest absolute Gasteiger partial charge is 0.238 e. The Kier molecular flexibility index (Phi) is 11.8. The number of para-hydroxylation sites is 6. The fourth-order valence-corrected chi connectivity index (χ4v) is 13.3. The molecule has 0 saturated heterocycles. The highest BCUT2D eigenvalue weighted by atomic mass is 15.2. The maximum atomic E-state index is 5.48. The maximum Gasteiger partial charge on any atom is 0.238 e. The molecule has 0 aliphatic rings. The predicted molar refractivity (Wildman–Crippen MR) is 361 cm³/mol. The first kappa shape index (κ1) is 49.8. The summed E-state index contributed by atoms with van der Waals surface area (Å²) in [6.45, 7) is 0. The Labute approximate surface area is 502 Å². The molecule has 0 unspecified atom stereocenters. The Morgan fingerprint density at radius 3 is 0.943 bits per heavy atom. The Morgan fingerprint density at radius 2 is 0.483 bits per heavy atom. The van der Waals surface area contributed by atoms with Gasteiger partial charge in [-0.1, -0.05) is 243 Å². The van der Waals surface area contributed by atoms with E-state index < -0.39 is 0 Å². The van der Waals surface area contributed by atoms with E-state index >= 15 is 0 Å².